The summed E-state index contributed by atoms with van der Waals surface area (Å²) >= 11 is 3.49. The first-order chi connectivity index (χ1) is 18.5. The van der Waals surface area contributed by atoms with Crippen molar-refractivity contribution in [2.75, 3.05) is 12.4 Å². The third-order valence-electron chi connectivity index (χ3n) is 6.15. The molecule has 38 heavy (non-hydrogen) atoms. The number of carbonyl (C=O) groups excluding carboxylic acids is 2. The molecule has 7 nitrogen and oxygen atoms in total. The molecular formula is C30H22BrN3O4. The van der Waals surface area contributed by atoms with E-state index in [1.165, 1.54) is 11.7 Å². The van der Waals surface area contributed by atoms with Crippen LogP contribution in [0.15, 0.2) is 107 Å². The molecule has 0 bridgehead atoms. The average molecular weight is 568 g/mol. The van der Waals surface area contributed by atoms with Gasteiger partial charge >= 0.3 is 5.97 Å². The highest BCUT2D eigenvalue weighted by molar-refractivity contribution is 9.10. The van der Waals surface area contributed by atoms with Crippen LogP contribution in [0.2, 0.25) is 0 Å². The fraction of sp³-hybridized carbons (Fsp3) is 0.0667. The number of anilines is 1. The van der Waals surface area contributed by atoms with E-state index < -0.39 is 5.97 Å². The molecular weight excluding hydrogens is 546 g/mol. The highest BCUT2D eigenvalue weighted by Gasteiger charge is 2.24. The summed E-state index contributed by atoms with van der Waals surface area (Å²) in [5.41, 5.74) is 3.02. The number of hydrogen-bond acceptors (Lipinski definition) is 5. The Morgan fingerprint density at radius 1 is 0.947 bits per heavy atom. The molecule has 3 aromatic carbocycles. The van der Waals surface area contributed by atoms with Gasteiger partial charge in [-0.25, -0.2) is 4.79 Å². The Bertz CT molecular complexity index is 1700. The third kappa shape index (κ3) is 4.99. The number of rotatable bonds is 6. The minimum Gasteiger partial charge on any atom is -0.464 e. The van der Waals surface area contributed by atoms with E-state index in [2.05, 4.69) is 26.2 Å². The largest absolute Gasteiger partial charge is 0.464 e. The molecule has 0 spiro atoms. The smallest absolute Gasteiger partial charge is 0.355 e. The van der Waals surface area contributed by atoms with Crippen molar-refractivity contribution in [3.8, 4) is 11.1 Å². The van der Waals surface area contributed by atoms with Crippen molar-refractivity contribution < 1.29 is 14.3 Å². The number of aromatic nitrogens is 2. The van der Waals surface area contributed by atoms with Gasteiger partial charge in [-0.15, -0.1) is 0 Å². The van der Waals surface area contributed by atoms with Crippen molar-refractivity contribution in [1.82, 2.24) is 9.55 Å². The maximum absolute atomic E-state index is 13.7. The highest BCUT2D eigenvalue weighted by Crippen LogP contribution is 2.33. The molecule has 8 heteroatoms. The predicted octanol–water partition coefficient (Wildman–Crippen LogP) is 5.91. The molecule has 0 saturated carbocycles. The van der Waals surface area contributed by atoms with Gasteiger partial charge in [-0.05, 0) is 59.0 Å². The SMILES string of the molecule is COC(=O)c1c(-c2ccccc2)c2cc(Br)ccc2c(=O)n1Cc1ccc(C(=O)Nc2cccnc2)cc1. The van der Waals surface area contributed by atoms with Gasteiger partial charge in [-0.2, -0.15) is 0 Å². The van der Waals surface area contributed by atoms with Crippen molar-refractivity contribution in [2.45, 2.75) is 6.54 Å². The topological polar surface area (TPSA) is 90.3 Å². The fourth-order valence-corrected chi connectivity index (χ4v) is 4.72. The number of carbonyl (C=O) groups is 2. The number of nitrogens with zero attached hydrogens (tertiary/aromatic N) is 2. The molecule has 0 unspecified atom stereocenters. The summed E-state index contributed by atoms with van der Waals surface area (Å²) in [6.45, 7) is 0.111. The lowest BCUT2D eigenvalue weighted by Crippen LogP contribution is -2.28. The maximum atomic E-state index is 13.7. The Morgan fingerprint density at radius 2 is 1.71 bits per heavy atom. The predicted molar refractivity (Wildman–Crippen MR) is 150 cm³/mol. The van der Waals surface area contributed by atoms with Gasteiger partial charge in [0.05, 0.1) is 25.5 Å². The molecule has 2 aromatic heterocycles. The first kappa shape index (κ1) is 25.1. The minimum atomic E-state index is -0.615. The molecule has 0 saturated heterocycles. The number of hydrogen-bond donors (Lipinski definition) is 1. The van der Waals surface area contributed by atoms with E-state index in [0.717, 1.165) is 15.6 Å². The molecule has 0 atom stereocenters. The summed E-state index contributed by atoms with van der Waals surface area (Å²) in [4.78, 5) is 43.5. The molecule has 5 rings (SSSR count). The Hall–Kier alpha value is -4.56. The Kier molecular flexibility index (Phi) is 7.15. The first-order valence-corrected chi connectivity index (χ1v) is 12.6. The fourth-order valence-electron chi connectivity index (χ4n) is 4.36. The highest BCUT2D eigenvalue weighted by atomic mass is 79.9. The summed E-state index contributed by atoms with van der Waals surface area (Å²) in [6, 6.07) is 25.2. The number of fused-ring (bicyclic) bond motifs is 1. The van der Waals surface area contributed by atoms with E-state index >= 15 is 0 Å². The zero-order valence-electron chi connectivity index (χ0n) is 20.4. The zero-order valence-corrected chi connectivity index (χ0v) is 21.9. The van der Waals surface area contributed by atoms with Crippen LogP contribution >= 0.6 is 15.9 Å². The van der Waals surface area contributed by atoms with Crippen LogP contribution in [0.1, 0.15) is 26.4 Å². The van der Waals surface area contributed by atoms with Crippen molar-refractivity contribution >= 4 is 44.3 Å². The van der Waals surface area contributed by atoms with Crippen molar-refractivity contribution in [2.24, 2.45) is 0 Å². The molecule has 2 heterocycles. The summed E-state index contributed by atoms with van der Waals surface area (Å²) in [7, 11) is 1.30. The summed E-state index contributed by atoms with van der Waals surface area (Å²) < 4.78 is 7.38. The van der Waals surface area contributed by atoms with E-state index in [9.17, 15) is 14.4 Å². The third-order valence-corrected chi connectivity index (χ3v) is 6.64. The average Bonchev–Trinajstić information content (AvgIpc) is 2.95. The summed E-state index contributed by atoms with van der Waals surface area (Å²) in [5.74, 6) is -0.894. The van der Waals surface area contributed by atoms with Crippen molar-refractivity contribution in [1.29, 1.82) is 0 Å². The van der Waals surface area contributed by atoms with Crippen molar-refractivity contribution in [3.63, 3.8) is 0 Å². The van der Waals surface area contributed by atoms with Crippen LogP contribution in [0.25, 0.3) is 21.9 Å². The van der Waals surface area contributed by atoms with E-state index in [1.54, 1.807) is 60.9 Å². The lowest BCUT2D eigenvalue weighted by molar-refractivity contribution is 0.0588. The van der Waals surface area contributed by atoms with Crippen LogP contribution < -0.4 is 10.9 Å². The molecule has 1 N–H and O–H groups in total. The minimum absolute atomic E-state index is 0.111. The van der Waals surface area contributed by atoms with Gasteiger partial charge in [0.1, 0.15) is 5.69 Å². The van der Waals surface area contributed by atoms with Gasteiger partial charge in [0, 0.05) is 27.2 Å². The number of halogens is 1. The van der Waals surface area contributed by atoms with Gasteiger partial charge in [-0.1, -0.05) is 58.4 Å². The Morgan fingerprint density at radius 3 is 2.39 bits per heavy atom. The number of pyridine rings is 2. The zero-order chi connectivity index (χ0) is 26.6. The van der Waals surface area contributed by atoms with Gasteiger partial charge in [-0.3, -0.25) is 19.1 Å². The molecule has 0 aliphatic heterocycles. The summed E-state index contributed by atoms with van der Waals surface area (Å²) in [6.07, 6.45) is 3.19. The molecule has 188 valence electrons. The van der Waals surface area contributed by atoms with Crippen molar-refractivity contribution in [3.05, 3.63) is 129 Å². The molecule has 1 amide bonds. The van der Waals surface area contributed by atoms with E-state index in [4.69, 9.17) is 4.74 Å². The number of benzene rings is 3. The van der Waals surface area contributed by atoms with Gasteiger partial charge in [0.2, 0.25) is 0 Å². The molecule has 5 aromatic rings. The molecule has 0 fully saturated rings. The molecule has 0 aliphatic rings. The van der Waals surface area contributed by atoms with E-state index in [1.807, 2.05) is 36.4 Å². The van der Waals surface area contributed by atoms with Crippen LogP contribution in [0.5, 0.6) is 0 Å². The monoisotopic (exact) mass is 567 g/mol. The lowest BCUT2D eigenvalue weighted by Gasteiger charge is -2.19. The first-order valence-electron chi connectivity index (χ1n) is 11.8. The second-order valence-electron chi connectivity index (χ2n) is 8.56. The number of methoxy groups -OCH3 is 1. The Labute approximate surface area is 226 Å². The van der Waals surface area contributed by atoms with Gasteiger partial charge < -0.3 is 10.1 Å². The molecule has 0 aliphatic carbocycles. The number of ether oxygens (including phenoxy) is 1. The van der Waals surface area contributed by atoms with Crippen LogP contribution in [-0.2, 0) is 11.3 Å². The van der Waals surface area contributed by atoms with Crippen LogP contribution in [-0.4, -0.2) is 28.5 Å². The van der Waals surface area contributed by atoms with Gasteiger partial charge in [0.15, 0.2) is 0 Å². The second-order valence-corrected chi connectivity index (χ2v) is 9.47. The van der Waals surface area contributed by atoms with Gasteiger partial charge in [0.25, 0.3) is 11.5 Å². The standard InChI is InChI=1S/C30H22BrN3O4/c1-38-30(37)27-26(20-6-3-2-4-7-20)25-16-22(31)13-14-24(25)29(36)34(27)18-19-9-11-21(12-10-19)28(35)33-23-8-5-15-32-17-23/h2-17H,18H2,1H3,(H,33,35). The molecule has 0 radical (unpaired) electrons. The van der Waals surface area contributed by atoms with Crippen LogP contribution in [0, 0.1) is 0 Å². The van der Waals surface area contributed by atoms with E-state index in [0.29, 0.717) is 27.6 Å². The Balaban J connectivity index is 1.60. The van der Waals surface area contributed by atoms with Crippen LogP contribution in [0.4, 0.5) is 5.69 Å². The second kappa shape index (κ2) is 10.8. The number of nitrogens with one attached hydrogen (secondary N) is 1. The lowest BCUT2D eigenvalue weighted by atomic mass is 9.96. The maximum Gasteiger partial charge on any atom is 0.355 e. The quantitative estimate of drug-likeness (QED) is 0.257. The van der Waals surface area contributed by atoms with E-state index in [-0.39, 0.29) is 23.7 Å². The number of esters is 1. The number of amides is 1. The summed E-state index contributed by atoms with van der Waals surface area (Å²) in [5, 5.41) is 3.92. The normalized spacial score (nSPS) is 10.8. The van der Waals surface area contributed by atoms with Crippen LogP contribution in [0.3, 0.4) is 0 Å².